The zero-order chi connectivity index (χ0) is 19.8. The molecule has 0 spiro atoms. The quantitative estimate of drug-likeness (QED) is 0.327. The molecule has 29 heavy (non-hydrogen) atoms. The second kappa shape index (κ2) is 6.98. The second-order valence-corrected chi connectivity index (χ2v) is 7.37. The molecule has 5 aromatic rings. The molecule has 0 saturated heterocycles. The van der Waals surface area contributed by atoms with E-state index in [2.05, 4.69) is 86.9 Å². The monoisotopic (exact) mass is 382 g/mol. The number of nitrogens with zero attached hydrogens (tertiary/aromatic N) is 2. The fourth-order valence-corrected chi connectivity index (χ4v) is 3.63. The zero-order valence-corrected chi connectivity index (χ0v) is 16.4. The number of aromatic nitrogens is 4. The molecule has 3 aromatic heterocycles. The van der Waals surface area contributed by atoms with Gasteiger partial charge in [0, 0.05) is 46.2 Å². The number of fused-ring (bicyclic) bond motifs is 2. The zero-order valence-electron chi connectivity index (χ0n) is 16.4. The fourth-order valence-electron chi connectivity index (χ4n) is 3.63. The highest BCUT2D eigenvalue weighted by Crippen LogP contribution is 2.22. The van der Waals surface area contributed by atoms with Gasteiger partial charge in [0.15, 0.2) is 0 Å². The van der Waals surface area contributed by atoms with E-state index in [9.17, 15) is 0 Å². The van der Waals surface area contributed by atoms with Crippen LogP contribution >= 0.6 is 0 Å². The highest BCUT2D eigenvalue weighted by molar-refractivity contribution is 5.84. The lowest BCUT2D eigenvalue weighted by Crippen LogP contribution is -2.04. The van der Waals surface area contributed by atoms with E-state index in [-0.39, 0.29) is 0 Å². The molecule has 0 aliphatic carbocycles. The number of hydrogen-bond donors (Lipinski definition) is 4. The van der Waals surface area contributed by atoms with Gasteiger partial charge in [-0.05, 0) is 73.3 Å². The van der Waals surface area contributed by atoms with Crippen LogP contribution in [0.4, 0.5) is 17.5 Å². The number of anilines is 3. The van der Waals surface area contributed by atoms with Gasteiger partial charge in [0.05, 0.1) is 0 Å². The third kappa shape index (κ3) is 3.65. The van der Waals surface area contributed by atoms with E-state index in [1.54, 1.807) is 6.20 Å². The summed E-state index contributed by atoms with van der Waals surface area (Å²) >= 11 is 0. The summed E-state index contributed by atoms with van der Waals surface area (Å²) in [5.74, 6) is 1.35. The third-order valence-electron chi connectivity index (χ3n) is 4.96. The Labute approximate surface area is 168 Å². The van der Waals surface area contributed by atoms with Gasteiger partial charge in [-0.2, -0.15) is 4.98 Å². The van der Waals surface area contributed by atoms with E-state index < -0.39 is 0 Å². The molecule has 2 aromatic carbocycles. The molecule has 0 aliphatic heterocycles. The fraction of sp³-hybridized carbons (Fsp3) is 0.130. The maximum atomic E-state index is 4.59. The van der Waals surface area contributed by atoms with Crippen LogP contribution in [0.1, 0.15) is 17.0 Å². The van der Waals surface area contributed by atoms with E-state index >= 15 is 0 Å². The number of nitrogens with one attached hydrogen (secondary N) is 4. The number of H-pyrrole nitrogens is 2. The summed E-state index contributed by atoms with van der Waals surface area (Å²) in [5.41, 5.74) is 6.77. The standard InChI is InChI=1S/C23H22N6/c1-14-9-17-11-16(3-5-20(17)26-14)13-25-22-7-8-24-23(29-22)28-19-4-6-21-18(12-19)10-15(2)27-21/h3-12,26-27H,13H2,1-2H3,(H2,24,25,28,29). The summed E-state index contributed by atoms with van der Waals surface area (Å²) in [6, 6.07) is 18.8. The molecule has 6 nitrogen and oxygen atoms in total. The Bertz CT molecular complexity index is 1310. The van der Waals surface area contributed by atoms with Crippen LogP contribution in [-0.4, -0.2) is 19.9 Å². The Hall–Kier alpha value is -3.80. The summed E-state index contributed by atoms with van der Waals surface area (Å²) in [6.07, 6.45) is 1.76. The van der Waals surface area contributed by atoms with Gasteiger partial charge in [0.2, 0.25) is 5.95 Å². The lowest BCUT2D eigenvalue weighted by atomic mass is 10.1. The van der Waals surface area contributed by atoms with Gasteiger partial charge in [-0.25, -0.2) is 4.98 Å². The third-order valence-corrected chi connectivity index (χ3v) is 4.96. The van der Waals surface area contributed by atoms with Crippen LogP contribution in [0.15, 0.2) is 60.8 Å². The summed E-state index contributed by atoms with van der Waals surface area (Å²) in [5, 5.41) is 9.06. The molecule has 0 unspecified atom stereocenters. The van der Waals surface area contributed by atoms with Crippen LogP contribution in [0.3, 0.4) is 0 Å². The molecule has 0 aliphatic rings. The van der Waals surface area contributed by atoms with Crippen molar-refractivity contribution in [2.75, 3.05) is 10.6 Å². The molecule has 0 fully saturated rings. The largest absolute Gasteiger partial charge is 0.366 e. The number of benzene rings is 2. The lowest BCUT2D eigenvalue weighted by molar-refractivity contribution is 1.09. The first-order chi connectivity index (χ1) is 14.1. The molecular weight excluding hydrogens is 360 g/mol. The molecule has 0 amide bonds. The van der Waals surface area contributed by atoms with Crippen molar-refractivity contribution >= 4 is 39.3 Å². The van der Waals surface area contributed by atoms with Crippen LogP contribution in [0.25, 0.3) is 21.8 Å². The predicted octanol–water partition coefficient (Wildman–Crippen LogP) is 5.41. The number of hydrogen-bond acceptors (Lipinski definition) is 4. The minimum absolute atomic E-state index is 0.568. The van der Waals surface area contributed by atoms with Crippen molar-refractivity contribution < 1.29 is 0 Å². The van der Waals surface area contributed by atoms with E-state index in [1.807, 2.05) is 12.1 Å². The molecule has 0 saturated carbocycles. The van der Waals surface area contributed by atoms with E-state index in [4.69, 9.17) is 0 Å². The number of rotatable bonds is 5. The average Bonchev–Trinajstić information content (AvgIpc) is 3.26. The van der Waals surface area contributed by atoms with Crippen molar-refractivity contribution in [3.63, 3.8) is 0 Å². The maximum Gasteiger partial charge on any atom is 0.229 e. The van der Waals surface area contributed by atoms with Gasteiger partial charge < -0.3 is 20.6 Å². The first kappa shape index (κ1) is 17.3. The van der Waals surface area contributed by atoms with Crippen LogP contribution < -0.4 is 10.6 Å². The molecule has 0 radical (unpaired) electrons. The first-order valence-corrected chi connectivity index (χ1v) is 9.64. The van der Waals surface area contributed by atoms with Gasteiger partial charge in [0.25, 0.3) is 0 Å². The van der Waals surface area contributed by atoms with E-state index in [0.29, 0.717) is 12.5 Å². The Balaban J connectivity index is 1.30. The molecule has 3 heterocycles. The summed E-state index contributed by atoms with van der Waals surface area (Å²) in [4.78, 5) is 15.6. The summed E-state index contributed by atoms with van der Waals surface area (Å²) in [7, 11) is 0. The first-order valence-electron chi connectivity index (χ1n) is 9.64. The Kier molecular flexibility index (Phi) is 4.17. The van der Waals surface area contributed by atoms with Crippen molar-refractivity contribution in [3.8, 4) is 0 Å². The maximum absolute atomic E-state index is 4.59. The van der Waals surface area contributed by atoms with Crippen molar-refractivity contribution in [3.05, 3.63) is 77.7 Å². The van der Waals surface area contributed by atoms with Crippen LogP contribution in [0.2, 0.25) is 0 Å². The lowest BCUT2D eigenvalue weighted by Gasteiger charge is -2.09. The molecule has 144 valence electrons. The SMILES string of the molecule is Cc1cc2cc(CNc3ccnc(Nc4ccc5[nH]c(C)cc5c4)n3)ccc2[nH]1. The molecule has 0 bridgehead atoms. The average molecular weight is 382 g/mol. The summed E-state index contributed by atoms with van der Waals surface area (Å²) in [6.45, 7) is 4.83. The molecular formula is C23H22N6. The van der Waals surface area contributed by atoms with Crippen LogP contribution in [0.5, 0.6) is 0 Å². The van der Waals surface area contributed by atoms with E-state index in [1.165, 1.54) is 16.6 Å². The Morgan fingerprint density at radius 1 is 0.828 bits per heavy atom. The Morgan fingerprint density at radius 3 is 2.34 bits per heavy atom. The van der Waals surface area contributed by atoms with E-state index in [0.717, 1.165) is 33.6 Å². The van der Waals surface area contributed by atoms with Crippen molar-refractivity contribution in [1.82, 2.24) is 19.9 Å². The van der Waals surface area contributed by atoms with Gasteiger partial charge in [-0.15, -0.1) is 0 Å². The number of aromatic amines is 2. The second-order valence-electron chi connectivity index (χ2n) is 7.37. The molecule has 0 atom stereocenters. The molecule has 5 rings (SSSR count). The highest BCUT2D eigenvalue weighted by atomic mass is 15.1. The van der Waals surface area contributed by atoms with Crippen molar-refractivity contribution in [2.24, 2.45) is 0 Å². The normalized spacial score (nSPS) is 11.2. The molecule has 4 N–H and O–H groups in total. The number of aryl methyl sites for hydroxylation is 2. The topological polar surface area (TPSA) is 81.4 Å². The smallest absolute Gasteiger partial charge is 0.229 e. The van der Waals surface area contributed by atoms with Crippen LogP contribution in [-0.2, 0) is 6.54 Å². The van der Waals surface area contributed by atoms with Gasteiger partial charge in [-0.3, -0.25) is 0 Å². The predicted molar refractivity (Wildman–Crippen MR) is 119 cm³/mol. The van der Waals surface area contributed by atoms with Gasteiger partial charge in [-0.1, -0.05) is 6.07 Å². The molecule has 6 heteroatoms. The van der Waals surface area contributed by atoms with Gasteiger partial charge >= 0.3 is 0 Å². The highest BCUT2D eigenvalue weighted by Gasteiger charge is 2.04. The Morgan fingerprint density at radius 2 is 1.55 bits per heavy atom. The van der Waals surface area contributed by atoms with Crippen LogP contribution in [0, 0.1) is 13.8 Å². The minimum atomic E-state index is 0.568. The van der Waals surface area contributed by atoms with Crippen molar-refractivity contribution in [1.29, 1.82) is 0 Å². The minimum Gasteiger partial charge on any atom is -0.366 e. The van der Waals surface area contributed by atoms with Crippen molar-refractivity contribution in [2.45, 2.75) is 20.4 Å². The summed E-state index contributed by atoms with van der Waals surface area (Å²) < 4.78 is 0. The van der Waals surface area contributed by atoms with Gasteiger partial charge in [0.1, 0.15) is 5.82 Å².